The summed E-state index contributed by atoms with van der Waals surface area (Å²) in [5.74, 6) is -0.716. The van der Waals surface area contributed by atoms with Crippen LogP contribution in [0.5, 0.6) is 0 Å². The van der Waals surface area contributed by atoms with Gasteiger partial charge < -0.3 is 0 Å². The van der Waals surface area contributed by atoms with E-state index in [0.29, 0.717) is 8.78 Å². The Morgan fingerprint density at radius 2 is 1.80 bits per heavy atom. The fraction of sp³-hybridized carbons (Fsp3) is 0.267. The lowest BCUT2D eigenvalue weighted by Gasteiger charge is -2.31. The van der Waals surface area contributed by atoms with E-state index in [2.05, 4.69) is 20.9 Å². The Labute approximate surface area is 150 Å². The van der Waals surface area contributed by atoms with Crippen LogP contribution >= 0.6 is 15.9 Å². The van der Waals surface area contributed by atoms with Gasteiger partial charge in [-0.25, -0.2) is 12.8 Å². The Hall–Kier alpha value is -1.52. The maximum atomic E-state index is 13.6. The first-order valence-corrected chi connectivity index (χ1v) is 9.25. The lowest BCUT2D eigenvalue weighted by Crippen LogP contribution is -2.42. The molecular weight excluding hydrogens is 428 g/mol. The number of pyridine rings is 1. The molecule has 0 aliphatic heterocycles. The Morgan fingerprint density at radius 1 is 1.20 bits per heavy atom. The van der Waals surface area contributed by atoms with Gasteiger partial charge in [0, 0.05) is 23.4 Å². The topological polar surface area (TPSA) is 50.3 Å². The molecule has 1 aromatic carbocycles. The van der Waals surface area contributed by atoms with E-state index in [1.165, 1.54) is 19.2 Å². The summed E-state index contributed by atoms with van der Waals surface area (Å²) in [5, 5.41) is 0. The normalized spacial score (nSPS) is 13.9. The number of sulfonamides is 1. The fourth-order valence-electron chi connectivity index (χ4n) is 2.32. The van der Waals surface area contributed by atoms with Gasteiger partial charge in [-0.2, -0.15) is 17.5 Å². The highest BCUT2D eigenvalue weighted by atomic mass is 79.9. The van der Waals surface area contributed by atoms with Gasteiger partial charge in [-0.3, -0.25) is 4.98 Å². The highest BCUT2D eigenvalue weighted by Crippen LogP contribution is 2.40. The first-order chi connectivity index (χ1) is 11.6. The summed E-state index contributed by atoms with van der Waals surface area (Å²) in [5.41, 5.74) is -0.373. The number of hydrogen-bond donors (Lipinski definition) is 0. The van der Waals surface area contributed by atoms with Crippen LogP contribution < -0.4 is 0 Å². The zero-order valence-electron chi connectivity index (χ0n) is 12.8. The summed E-state index contributed by atoms with van der Waals surface area (Å²) < 4.78 is 80.1. The van der Waals surface area contributed by atoms with E-state index in [4.69, 9.17) is 0 Å². The van der Waals surface area contributed by atoms with Crippen LogP contribution in [-0.2, 0) is 10.0 Å². The van der Waals surface area contributed by atoms with Crippen molar-refractivity contribution >= 4 is 26.0 Å². The molecule has 0 saturated heterocycles. The van der Waals surface area contributed by atoms with E-state index in [0.717, 1.165) is 30.5 Å². The van der Waals surface area contributed by atoms with E-state index < -0.39 is 34.6 Å². The van der Waals surface area contributed by atoms with Crippen LogP contribution in [0, 0.1) is 5.82 Å². The monoisotopic (exact) mass is 440 g/mol. The molecule has 10 heteroatoms. The number of rotatable bonds is 5. The Morgan fingerprint density at radius 3 is 2.28 bits per heavy atom. The molecule has 0 bridgehead atoms. The van der Waals surface area contributed by atoms with E-state index in [1.807, 2.05) is 0 Å². The zero-order chi connectivity index (χ0) is 18.8. The van der Waals surface area contributed by atoms with Gasteiger partial charge >= 0.3 is 6.18 Å². The standard InChI is InChI=1S/C15H13BrF4N2O2S/c1-2-22(25(23,24)13-7-11(16)8-21-9-13)14(15(18,19)20)10-3-5-12(17)6-4-10/h3-9,14H,2H2,1H3. The van der Waals surface area contributed by atoms with Gasteiger partial charge in [-0.05, 0) is 39.7 Å². The predicted molar refractivity (Wildman–Crippen MR) is 86.7 cm³/mol. The molecule has 1 unspecified atom stereocenters. The molecule has 25 heavy (non-hydrogen) atoms. The summed E-state index contributed by atoms with van der Waals surface area (Å²) >= 11 is 3.05. The lowest BCUT2D eigenvalue weighted by atomic mass is 10.1. The maximum Gasteiger partial charge on any atom is 0.409 e. The molecule has 0 radical (unpaired) electrons. The summed E-state index contributed by atoms with van der Waals surface area (Å²) in [6, 6.07) is 2.28. The van der Waals surface area contributed by atoms with Crippen LogP contribution in [0.3, 0.4) is 0 Å². The summed E-state index contributed by atoms with van der Waals surface area (Å²) in [6.07, 6.45) is -2.60. The molecule has 4 nitrogen and oxygen atoms in total. The van der Waals surface area contributed by atoms with Gasteiger partial charge in [-0.1, -0.05) is 19.1 Å². The van der Waals surface area contributed by atoms with Crippen LogP contribution in [0.1, 0.15) is 18.5 Å². The predicted octanol–water partition coefficient (Wildman–Crippen LogP) is 4.30. The molecule has 1 atom stereocenters. The van der Waals surface area contributed by atoms with Crippen LogP contribution in [-0.4, -0.2) is 30.4 Å². The number of alkyl halides is 3. The second-order valence-electron chi connectivity index (χ2n) is 5.04. The van der Waals surface area contributed by atoms with Crippen molar-refractivity contribution in [3.05, 3.63) is 58.6 Å². The first kappa shape index (κ1) is 19.8. The number of hydrogen-bond acceptors (Lipinski definition) is 3. The van der Waals surface area contributed by atoms with Gasteiger partial charge in [0.25, 0.3) is 0 Å². The van der Waals surface area contributed by atoms with Crippen molar-refractivity contribution in [2.45, 2.75) is 24.0 Å². The Bertz CT molecular complexity index is 841. The quantitative estimate of drug-likeness (QED) is 0.651. The molecule has 0 aliphatic rings. The molecule has 0 amide bonds. The molecule has 0 spiro atoms. The minimum Gasteiger partial charge on any atom is -0.262 e. The minimum atomic E-state index is -4.89. The lowest BCUT2D eigenvalue weighted by molar-refractivity contribution is -0.173. The van der Waals surface area contributed by atoms with Gasteiger partial charge in [0.1, 0.15) is 16.8 Å². The first-order valence-electron chi connectivity index (χ1n) is 7.02. The van der Waals surface area contributed by atoms with Crippen LogP contribution in [0.15, 0.2) is 52.1 Å². The fourth-order valence-corrected chi connectivity index (χ4v) is 4.44. The van der Waals surface area contributed by atoms with Gasteiger partial charge in [-0.15, -0.1) is 0 Å². The van der Waals surface area contributed by atoms with Crippen molar-refractivity contribution in [3.63, 3.8) is 0 Å². The van der Waals surface area contributed by atoms with Crippen molar-refractivity contribution in [1.29, 1.82) is 0 Å². The molecule has 0 saturated carbocycles. The van der Waals surface area contributed by atoms with Crippen molar-refractivity contribution in [2.75, 3.05) is 6.54 Å². The maximum absolute atomic E-state index is 13.6. The molecule has 0 fully saturated rings. The Balaban J connectivity index is 2.59. The van der Waals surface area contributed by atoms with Crippen LogP contribution in [0.4, 0.5) is 17.6 Å². The van der Waals surface area contributed by atoms with Crippen LogP contribution in [0.25, 0.3) is 0 Å². The number of halogens is 5. The van der Waals surface area contributed by atoms with E-state index in [-0.39, 0.29) is 10.5 Å². The SMILES string of the molecule is CCN(C(c1ccc(F)cc1)C(F)(F)F)S(=O)(=O)c1cncc(Br)c1. The van der Waals surface area contributed by atoms with Gasteiger partial charge in [0.05, 0.1) is 0 Å². The highest BCUT2D eigenvalue weighted by Gasteiger charge is 2.48. The van der Waals surface area contributed by atoms with E-state index >= 15 is 0 Å². The second-order valence-corrected chi connectivity index (χ2v) is 7.85. The largest absolute Gasteiger partial charge is 0.409 e. The zero-order valence-corrected chi connectivity index (χ0v) is 15.2. The van der Waals surface area contributed by atoms with Crippen molar-refractivity contribution < 1.29 is 26.0 Å². The number of nitrogens with zero attached hydrogens (tertiary/aromatic N) is 2. The summed E-state index contributed by atoms with van der Waals surface area (Å²) in [7, 11) is -4.49. The summed E-state index contributed by atoms with van der Waals surface area (Å²) in [4.78, 5) is 3.31. The van der Waals surface area contributed by atoms with Gasteiger partial charge in [0.2, 0.25) is 10.0 Å². The average Bonchev–Trinajstić information content (AvgIpc) is 2.52. The van der Waals surface area contributed by atoms with Crippen molar-refractivity contribution in [3.8, 4) is 0 Å². The number of aromatic nitrogens is 1. The molecule has 1 heterocycles. The molecule has 1 aromatic heterocycles. The molecule has 0 aliphatic carbocycles. The second kappa shape index (κ2) is 7.38. The average molecular weight is 441 g/mol. The van der Waals surface area contributed by atoms with Crippen LogP contribution in [0.2, 0.25) is 0 Å². The van der Waals surface area contributed by atoms with E-state index in [1.54, 1.807) is 0 Å². The Kier molecular flexibility index (Phi) is 5.85. The molecular formula is C15H13BrF4N2O2S. The smallest absolute Gasteiger partial charge is 0.262 e. The minimum absolute atomic E-state index is 0.315. The van der Waals surface area contributed by atoms with Crippen molar-refractivity contribution in [1.82, 2.24) is 9.29 Å². The van der Waals surface area contributed by atoms with Crippen molar-refractivity contribution in [2.24, 2.45) is 0 Å². The molecule has 136 valence electrons. The molecule has 2 aromatic rings. The van der Waals surface area contributed by atoms with E-state index in [9.17, 15) is 26.0 Å². The third-order valence-corrected chi connectivity index (χ3v) is 5.72. The highest BCUT2D eigenvalue weighted by molar-refractivity contribution is 9.10. The van der Waals surface area contributed by atoms with Gasteiger partial charge in [0.15, 0.2) is 0 Å². The summed E-state index contributed by atoms with van der Waals surface area (Å²) in [6.45, 7) is 0.863. The molecule has 2 rings (SSSR count). The molecule has 0 N–H and O–H groups in total. The third kappa shape index (κ3) is 4.36. The third-order valence-electron chi connectivity index (χ3n) is 3.38. The number of benzene rings is 1.